The van der Waals surface area contributed by atoms with Crippen LogP contribution in [0.3, 0.4) is 0 Å². The van der Waals surface area contributed by atoms with Crippen molar-refractivity contribution in [3.8, 4) is 0 Å². The number of nitrogens with zero attached hydrogens (tertiary/aromatic N) is 2. The first-order chi connectivity index (χ1) is 8.54. The smallest absolute Gasteiger partial charge is 0.274 e. The molecule has 0 spiro atoms. The molecule has 0 bridgehead atoms. The Labute approximate surface area is 107 Å². The highest BCUT2D eigenvalue weighted by molar-refractivity contribution is 5.62. The Morgan fingerprint density at radius 3 is 2.83 bits per heavy atom. The molecule has 0 saturated carbocycles. The number of hydrogen-bond donors (Lipinski definition) is 1. The van der Waals surface area contributed by atoms with Gasteiger partial charge < -0.3 is 10.6 Å². The minimum absolute atomic E-state index is 0.191. The summed E-state index contributed by atoms with van der Waals surface area (Å²) in [4.78, 5) is 12.9. The summed E-state index contributed by atoms with van der Waals surface area (Å²) in [7, 11) is 0. The van der Waals surface area contributed by atoms with Crippen LogP contribution in [0, 0.1) is 23.0 Å². The van der Waals surface area contributed by atoms with Crippen molar-refractivity contribution in [2.24, 2.45) is 11.7 Å². The third-order valence-electron chi connectivity index (χ3n) is 3.78. The molecule has 0 radical (unpaired) electrons. The summed E-state index contributed by atoms with van der Waals surface area (Å²) in [6.07, 6.45) is 1.05. The summed E-state index contributed by atoms with van der Waals surface area (Å²) in [5.74, 6) is 0.485. The summed E-state index contributed by atoms with van der Waals surface area (Å²) in [5.41, 5.74) is 7.62. The molecular formula is C13H19N3O2. The number of nitrogens with two attached hydrogens (primary N) is 1. The van der Waals surface area contributed by atoms with Crippen LogP contribution < -0.4 is 10.6 Å². The van der Waals surface area contributed by atoms with Gasteiger partial charge in [-0.2, -0.15) is 0 Å². The first kappa shape index (κ1) is 12.8. The first-order valence-corrected chi connectivity index (χ1v) is 6.25. The van der Waals surface area contributed by atoms with Crippen molar-refractivity contribution < 1.29 is 4.92 Å². The molecule has 1 aromatic carbocycles. The van der Waals surface area contributed by atoms with Crippen LogP contribution in [0.1, 0.15) is 18.9 Å². The summed E-state index contributed by atoms with van der Waals surface area (Å²) < 4.78 is 0. The lowest BCUT2D eigenvalue weighted by molar-refractivity contribution is -0.385. The Bertz CT molecular complexity index is 462. The molecule has 5 heteroatoms. The van der Waals surface area contributed by atoms with E-state index in [0.717, 1.165) is 24.2 Å². The zero-order chi connectivity index (χ0) is 13.3. The second-order valence-corrected chi connectivity index (χ2v) is 5.02. The summed E-state index contributed by atoms with van der Waals surface area (Å²) in [6.45, 7) is 5.53. The van der Waals surface area contributed by atoms with Crippen LogP contribution in [0.4, 0.5) is 11.4 Å². The molecule has 2 unspecified atom stereocenters. The van der Waals surface area contributed by atoms with Crippen LogP contribution in [0.5, 0.6) is 0 Å². The highest BCUT2D eigenvalue weighted by Crippen LogP contribution is 2.34. The van der Waals surface area contributed by atoms with Gasteiger partial charge in [-0.1, -0.05) is 6.07 Å². The molecule has 1 saturated heterocycles. The molecule has 1 aliphatic heterocycles. The van der Waals surface area contributed by atoms with Gasteiger partial charge in [0, 0.05) is 24.3 Å². The fourth-order valence-electron chi connectivity index (χ4n) is 2.77. The van der Waals surface area contributed by atoms with Gasteiger partial charge in [0.1, 0.15) is 0 Å². The van der Waals surface area contributed by atoms with Gasteiger partial charge in [0.15, 0.2) is 0 Å². The fraction of sp³-hybridized carbons (Fsp3) is 0.538. The fourth-order valence-corrected chi connectivity index (χ4v) is 2.77. The molecule has 0 aliphatic carbocycles. The van der Waals surface area contributed by atoms with E-state index in [9.17, 15) is 10.1 Å². The summed E-state index contributed by atoms with van der Waals surface area (Å²) in [6, 6.07) is 5.65. The molecule has 1 aliphatic rings. The minimum Gasteiger partial charge on any atom is -0.368 e. The van der Waals surface area contributed by atoms with Gasteiger partial charge in [-0.05, 0) is 38.8 Å². The van der Waals surface area contributed by atoms with Crippen LogP contribution >= 0.6 is 0 Å². The Kier molecular flexibility index (Phi) is 3.52. The molecular weight excluding hydrogens is 230 g/mol. The maximum atomic E-state index is 11.0. The summed E-state index contributed by atoms with van der Waals surface area (Å²) in [5, 5.41) is 11.0. The van der Waals surface area contributed by atoms with E-state index in [1.807, 2.05) is 13.0 Å². The van der Waals surface area contributed by atoms with Crippen LogP contribution in [-0.4, -0.2) is 24.1 Å². The van der Waals surface area contributed by atoms with Gasteiger partial charge in [0.25, 0.3) is 5.69 Å². The number of anilines is 1. The molecule has 98 valence electrons. The van der Waals surface area contributed by atoms with Gasteiger partial charge in [-0.15, -0.1) is 0 Å². The number of benzene rings is 1. The Balaban J connectivity index is 2.34. The lowest BCUT2D eigenvalue weighted by atomic mass is 10.1. The monoisotopic (exact) mass is 249 g/mol. The summed E-state index contributed by atoms with van der Waals surface area (Å²) >= 11 is 0. The van der Waals surface area contributed by atoms with Gasteiger partial charge >= 0.3 is 0 Å². The molecule has 1 aromatic rings. The second-order valence-electron chi connectivity index (χ2n) is 5.02. The predicted molar refractivity (Wildman–Crippen MR) is 71.8 cm³/mol. The molecule has 0 amide bonds. The van der Waals surface area contributed by atoms with E-state index in [1.165, 1.54) is 0 Å². The second kappa shape index (κ2) is 4.94. The Morgan fingerprint density at radius 1 is 1.56 bits per heavy atom. The van der Waals surface area contributed by atoms with E-state index < -0.39 is 0 Å². The van der Waals surface area contributed by atoms with Crippen LogP contribution in [0.2, 0.25) is 0 Å². The van der Waals surface area contributed by atoms with Crippen molar-refractivity contribution in [1.29, 1.82) is 0 Å². The van der Waals surface area contributed by atoms with Crippen molar-refractivity contribution in [1.82, 2.24) is 0 Å². The van der Waals surface area contributed by atoms with Crippen LogP contribution in [0.15, 0.2) is 18.2 Å². The van der Waals surface area contributed by atoms with Crippen molar-refractivity contribution in [3.05, 3.63) is 33.9 Å². The Morgan fingerprint density at radius 2 is 2.28 bits per heavy atom. The lowest BCUT2D eigenvalue weighted by Crippen LogP contribution is -2.28. The van der Waals surface area contributed by atoms with Crippen LogP contribution in [-0.2, 0) is 0 Å². The van der Waals surface area contributed by atoms with E-state index in [-0.39, 0.29) is 10.6 Å². The normalized spacial score (nSPS) is 23.4. The lowest BCUT2D eigenvalue weighted by Gasteiger charge is -2.25. The van der Waals surface area contributed by atoms with Crippen molar-refractivity contribution in [3.63, 3.8) is 0 Å². The number of rotatable bonds is 3. The van der Waals surface area contributed by atoms with Gasteiger partial charge in [0.2, 0.25) is 0 Å². The molecule has 1 heterocycles. The number of nitro benzene ring substituents is 1. The number of nitro groups is 1. The average molecular weight is 249 g/mol. The van der Waals surface area contributed by atoms with Crippen molar-refractivity contribution in [2.75, 3.05) is 18.0 Å². The molecule has 0 aromatic heterocycles. The largest absolute Gasteiger partial charge is 0.368 e. The highest BCUT2D eigenvalue weighted by atomic mass is 16.6. The van der Waals surface area contributed by atoms with Crippen molar-refractivity contribution in [2.45, 2.75) is 26.3 Å². The van der Waals surface area contributed by atoms with E-state index in [4.69, 9.17) is 5.73 Å². The van der Waals surface area contributed by atoms with Gasteiger partial charge in [0.05, 0.1) is 10.5 Å². The molecule has 2 N–H and O–H groups in total. The minimum atomic E-state index is -0.319. The Hall–Kier alpha value is -1.62. The highest BCUT2D eigenvalue weighted by Gasteiger charge is 2.30. The van der Waals surface area contributed by atoms with E-state index >= 15 is 0 Å². The quantitative estimate of drug-likeness (QED) is 0.657. The average Bonchev–Trinajstić information content (AvgIpc) is 2.70. The van der Waals surface area contributed by atoms with Crippen LogP contribution in [0.25, 0.3) is 0 Å². The molecule has 5 nitrogen and oxygen atoms in total. The number of hydrogen-bond acceptors (Lipinski definition) is 4. The third kappa shape index (κ3) is 2.18. The van der Waals surface area contributed by atoms with E-state index in [0.29, 0.717) is 18.5 Å². The van der Waals surface area contributed by atoms with Gasteiger partial charge in [-0.25, -0.2) is 0 Å². The van der Waals surface area contributed by atoms with Gasteiger partial charge in [-0.3, -0.25) is 10.1 Å². The van der Waals surface area contributed by atoms with E-state index in [2.05, 4.69) is 11.8 Å². The SMILES string of the molecule is Cc1c(N2CC(CN)CC2C)cccc1[N+](=O)[O-]. The first-order valence-electron chi connectivity index (χ1n) is 6.25. The molecule has 2 atom stereocenters. The van der Waals surface area contributed by atoms with Crippen molar-refractivity contribution >= 4 is 11.4 Å². The topological polar surface area (TPSA) is 72.4 Å². The maximum absolute atomic E-state index is 11.0. The zero-order valence-corrected chi connectivity index (χ0v) is 10.8. The maximum Gasteiger partial charge on any atom is 0.274 e. The predicted octanol–water partition coefficient (Wildman–Crippen LogP) is 2.08. The standard InChI is InChI=1S/C13H19N3O2/c1-9-6-11(7-14)8-15(9)12-4-3-5-13(10(12)2)16(17)18/h3-5,9,11H,6-8,14H2,1-2H3. The third-order valence-corrected chi connectivity index (χ3v) is 3.78. The zero-order valence-electron chi connectivity index (χ0n) is 10.8. The van der Waals surface area contributed by atoms with E-state index in [1.54, 1.807) is 12.1 Å². The molecule has 18 heavy (non-hydrogen) atoms. The molecule has 1 fully saturated rings. The molecule has 2 rings (SSSR count).